The molecule has 0 aliphatic carbocycles. The molecule has 0 saturated heterocycles. The highest BCUT2D eigenvalue weighted by atomic mass is 32.2. The first-order valence-electron chi connectivity index (χ1n) is 4.43. The first kappa shape index (κ1) is 10.1. The molecule has 0 aromatic carbocycles. The molecule has 78 valence electrons. The molecular formula is C9H10N4OS. The summed E-state index contributed by atoms with van der Waals surface area (Å²) in [5.41, 5.74) is 0.840. The number of aliphatic hydroxyl groups is 1. The minimum Gasteiger partial charge on any atom is -0.389 e. The molecular weight excluding hydrogens is 212 g/mol. The number of pyridine rings is 1. The average Bonchev–Trinajstić information content (AvgIpc) is 2.71. The zero-order chi connectivity index (χ0) is 10.7. The van der Waals surface area contributed by atoms with Gasteiger partial charge in [-0.25, -0.2) is 9.97 Å². The van der Waals surface area contributed by atoms with Crippen LogP contribution in [0.5, 0.6) is 0 Å². The molecule has 2 aromatic heterocycles. The summed E-state index contributed by atoms with van der Waals surface area (Å²) >= 11 is 1.37. The third kappa shape index (κ3) is 2.54. The molecule has 0 bridgehead atoms. The third-order valence-electron chi connectivity index (χ3n) is 1.84. The molecule has 6 heteroatoms. The number of hydrogen-bond donors (Lipinski definition) is 2. The molecule has 0 aliphatic rings. The van der Waals surface area contributed by atoms with Gasteiger partial charge in [-0.15, -0.1) is 0 Å². The fourth-order valence-electron chi connectivity index (χ4n) is 1.08. The Labute approximate surface area is 91.0 Å². The van der Waals surface area contributed by atoms with Gasteiger partial charge in [0.15, 0.2) is 5.16 Å². The Balaban J connectivity index is 2.18. The largest absolute Gasteiger partial charge is 0.389 e. The third-order valence-corrected chi connectivity index (χ3v) is 2.66. The van der Waals surface area contributed by atoms with E-state index in [9.17, 15) is 5.11 Å². The lowest BCUT2D eigenvalue weighted by molar-refractivity contribution is 0.199. The van der Waals surface area contributed by atoms with E-state index >= 15 is 0 Å². The molecule has 0 saturated carbocycles. The smallest absolute Gasteiger partial charge is 0.189 e. The highest BCUT2D eigenvalue weighted by Crippen LogP contribution is 2.24. The molecule has 0 aliphatic heterocycles. The van der Waals surface area contributed by atoms with Gasteiger partial charge in [0.05, 0.1) is 6.10 Å². The molecule has 0 spiro atoms. The number of hydrogen-bond acceptors (Lipinski definition) is 5. The van der Waals surface area contributed by atoms with Crippen molar-refractivity contribution in [2.75, 3.05) is 0 Å². The maximum Gasteiger partial charge on any atom is 0.189 e. The van der Waals surface area contributed by atoms with Gasteiger partial charge in [-0.05, 0) is 36.4 Å². The molecule has 2 aromatic rings. The van der Waals surface area contributed by atoms with Crippen molar-refractivity contribution in [1.29, 1.82) is 0 Å². The Kier molecular flexibility index (Phi) is 2.98. The Morgan fingerprint density at radius 2 is 2.33 bits per heavy atom. The molecule has 0 amide bonds. The van der Waals surface area contributed by atoms with Crippen molar-refractivity contribution in [2.24, 2.45) is 0 Å². The van der Waals surface area contributed by atoms with Crippen molar-refractivity contribution < 1.29 is 5.11 Å². The van der Waals surface area contributed by atoms with E-state index in [-0.39, 0.29) is 0 Å². The fraction of sp³-hybridized carbons (Fsp3) is 0.222. The van der Waals surface area contributed by atoms with Crippen molar-refractivity contribution in [3.05, 3.63) is 30.2 Å². The van der Waals surface area contributed by atoms with E-state index in [4.69, 9.17) is 0 Å². The Morgan fingerprint density at radius 3 is 3.00 bits per heavy atom. The maximum absolute atomic E-state index is 9.40. The SMILES string of the molecule is C[C@@H](O)c1ccnc(Sc2ncn[nH]2)c1. The van der Waals surface area contributed by atoms with Gasteiger partial charge in [-0.2, -0.15) is 5.10 Å². The summed E-state index contributed by atoms with van der Waals surface area (Å²) in [6, 6.07) is 3.62. The van der Waals surface area contributed by atoms with Gasteiger partial charge in [0.1, 0.15) is 11.4 Å². The average molecular weight is 222 g/mol. The van der Waals surface area contributed by atoms with Gasteiger partial charge in [0.25, 0.3) is 0 Å². The van der Waals surface area contributed by atoms with Gasteiger partial charge in [-0.1, -0.05) is 0 Å². The molecule has 0 fully saturated rings. The number of aromatic amines is 1. The monoisotopic (exact) mass is 222 g/mol. The number of rotatable bonds is 3. The second kappa shape index (κ2) is 4.41. The summed E-state index contributed by atoms with van der Waals surface area (Å²) in [6.07, 6.45) is 2.63. The van der Waals surface area contributed by atoms with Crippen LogP contribution in [0.15, 0.2) is 34.8 Å². The summed E-state index contributed by atoms with van der Waals surface area (Å²) in [6.45, 7) is 1.72. The zero-order valence-electron chi connectivity index (χ0n) is 8.08. The van der Waals surface area contributed by atoms with E-state index in [1.165, 1.54) is 18.1 Å². The summed E-state index contributed by atoms with van der Waals surface area (Å²) in [7, 11) is 0. The van der Waals surface area contributed by atoms with Crippen molar-refractivity contribution >= 4 is 11.8 Å². The number of H-pyrrole nitrogens is 1. The van der Waals surface area contributed by atoms with Crippen LogP contribution in [0, 0.1) is 0 Å². The predicted molar refractivity (Wildman–Crippen MR) is 55.4 cm³/mol. The first-order chi connectivity index (χ1) is 7.25. The molecule has 15 heavy (non-hydrogen) atoms. The minimum atomic E-state index is -0.484. The van der Waals surface area contributed by atoms with Crippen LogP contribution in [0.3, 0.4) is 0 Å². The zero-order valence-corrected chi connectivity index (χ0v) is 8.90. The number of nitrogens with zero attached hydrogens (tertiary/aromatic N) is 3. The highest BCUT2D eigenvalue weighted by Gasteiger charge is 2.05. The Morgan fingerprint density at radius 1 is 1.47 bits per heavy atom. The van der Waals surface area contributed by atoms with E-state index < -0.39 is 6.10 Å². The molecule has 2 rings (SSSR count). The standard InChI is InChI=1S/C9H10N4OS/c1-6(14)7-2-3-10-8(4-7)15-9-11-5-12-13-9/h2-6,14H,1H3,(H,11,12,13)/t6-/m1/s1. The molecule has 0 unspecified atom stereocenters. The van der Waals surface area contributed by atoms with Gasteiger partial charge in [-0.3, -0.25) is 5.10 Å². The number of aromatic nitrogens is 4. The summed E-state index contributed by atoms with van der Waals surface area (Å²) < 4.78 is 0. The van der Waals surface area contributed by atoms with Crippen LogP contribution in [-0.4, -0.2) is 25.3 Å². The van der Waals surface area contributed by atoms with Crippen LogP contribution in [0.25, 0.3) is 0 Å². The predicted octanol–water partition coefficient (Wildman–Crippen LogP) is 1.40. The second-order valence-corrected chi connectivity index (χ2v) is 4.01. The molecule has 2 heterocycles. The van der Waals surface area contributed by atoms with Crippen molar-refractivity contribution in [2.45, 2.75) is 23.2 Å². The lowest BCUT2D eigenvalue weighted by Gasteiger charge is -2.04. The molecule has 1 atom stereocenters. The second-order valence-electron chi connectivity index (χ2n) is 3.00. The van der Waals surface area contributed by atoms with Crippen LogP contribution >= 0.6 is 11.8 Å². The van der Waals surface area contributed by atoms with Gasteiger partial charge < -0.3 is 5.11 Å². The van der Waals surface area contributed by atoms with Crippen LogP contribution in [0.1, 0.15) is 18.6 Å². The van der Waals surface area contributed by atoms with E-state index in [0.717, 1.165) is 10.6 Å². The van der Waals surface area contributed by atoms with Crippen LogP contribution in [0.2, 0.25) is 0 Å². The maximum atomic E-state index is 9.40. The van der Waals surface area contributed by atoms with Crippen molar-refractivity contribution in [3.63, 3.8) is 0 Å². The van der Waals surface area contributed by atoms with E-state index in [0.29, 0.717) is 5.16 Å². The summed E-state index contributed by atoms with van der Waals surface area (Å²) in [5.74, 6) is 0. The number of aliphatic hydroxyl groups excluding tert-OH is 1. The molecule has 2 N–H and O–H groups in total. The lowest BCUT2D eigenvalue weighted by Crippen LogP contribution is -1.92. The van der Waals surface area contributed by atoms with Crippen LogP contribution in [-0.2, 0) is 0 Å². The van der Waals surface area contributed by atoms with Gasteiger partial charge >= 0.3 is 0 Å². The number of nitrogens with one attached hydrogen (secondary N) is 1. The lowest BCUT2D eigenvalue weighted by atomic mass is 10.2. The Bertz CT molecular complexity index is 429. The topological polar surface area (TPSA) is 74.7 Å². The molecule has 5 nitrogen and oxygen atoms in total. The van der Waals surface area contributed by atoms with Gasteiger partial charge in [0, 0.05) is 6.20 Å². The van der Waals surface area contributed by atoms with E-state index in [1.54, 1.807) is 19.2 Å². The Hall–Kier alpha value is -1.40. The van der Waals surface area contributed by atoms with Crippen molar-refractivity contribution in [3.8, 4) is 0 Å². The summed E-state index contributed by atoms with van der Waals surface area (Å²) in [4.78, 5) is 8.14. The van der Waals surface area contributed by atoms with Crippen LogP contribution in [0.4, 0.5) is 0 Å². The van der Waals surface area contributed by atoms with E-state index in [2.05, 4.69) is 20.2 Å². The minimum absolute atomic E-state index is 0.484. The fourth-order valence-corrected chi connectivity index (χ4v) is 1.79. The van der Waals surface area contributed by atoms with E-state index in [1.807, 2.05) is 6.07 Å². The first-order valence-corrected chi connectivity index (χ1v) is 5.24. The highest BCUT2D eigenvalue weighted by molar-refractivity contribution is 7.99. The van der Waals surface area contributed by atoms with Crippen LogP contribution < -0.4 is 0 Å². The van der Waals surface area contributed by atoms with Crippen molar-refractivity contribution in [1.82, 2.24) is 20.2 Å². The summed E-state index contributed by atoms with van der Waals surface area (Å²) in [5, 5.41) is 17.3. The normalized spacial score (nSPS) is 12.7. The molecule has 0 radical (unpaired) electrons. The van der Waals surface area contributed by atoms with Gasteiger partial charge in [0.2, 0.25) is 0 Å². The quantitative estimate of drug-likeness (QED) is 0.821.